The summed E-state index contributed by atoms with van der Waals surface area (Å²) in [5, 5.41) is 0. The third-order valence-electron chi connectivity index (χ3n) is 4.64. The lowest BCUT2D eigenvalue weighted by Crippen LogP contribution is -2.55. The zero-order chi connectivity index (χ0) is 15.0. The van der Waals surface area contributed by atoms with Crippen LogP contribution in [0.3, 0.4) is 0 Å². The SMILES string of the molecule is CN1C2COCC1CC(C(=O)Cc1cc(F)cc(F)c1)C2. The van der Waals surface area contributed by atoms with Crippen molar-refractivity contribution in [1.82, 2.24) is 4.90 Å². The van der Waals surface area contributed by atoms with Crippen LogP contribution in [0.4, 0.5) is 8.78 Å². The first kappa shape index (κ1) is 14.6. The van der Waals surface area contributed by atoms with Crippen LogP contribution in [0.25, 0.3) is 0 Å². The smallest absolute Gasteiger partial charge is 0.140 e. The van der Waals surface area contributed by atoms with Crippen molar-refractivity contribution in [3.8, 4) is 0 Å². The monoisotopic (exact) mass is 295 g/mol. The molecule has 0 radical (unpaired) electrons. The summed E-state index contributed by atoms with van der Waals surface area (Å²) in [5.74, 6) is -1.23. The third kappa shape index (κ3) is 3.14. The number of halogens is 2. The first-order valence-corrected chi connectivity index (χ1v) is 7.30. The van der Waals surface area contributed by atoms with E-state index in [9.17, 15) is 13.6 Å². The number of carbonyl (C=O) groups is 1. The molecule has 0 aromatic heterocycles. The van der Waals surface area contributed by atoms with Gasteiger partial charge in [-0.25, -0.2) is 8.78 Å². The summed E-state index contributed by atoms with van der Waals surface area (Å²) in [7, 11) is 2.07. The molecule has 0 spiro atoms. The number of likely N-dealkylation sites (N-methyl/N-ethyl adjacent to an activating group) is 1. The van der Waals surface area contributed by atoms with Crippen molar-refractivity contribution in [2.75, 3.05) is 20.3 Å². The number of fused-ring (bicyclic) bond motifs is 2. The molecule has 5 heteroatoms. The Hall–Kier alpha value is -1.33. The van der Waals surface area contributed by atoms with E-state index in [1.807, 2.05) is 0 Å². The molecule has 114 valence electrons. The molecule has 2 aliphatic rings. The number of Topliss-reactive ketones (excluding diaryl/α,β-unsaturated/α-hetero) is 1. The number of ether oxygens (including phenoxy) is 1. The second-order valence-corrected chi connectivity index (χ2v) is 6.10. The third-order valence-corrected chi connectivity index (χ3v) is 4.64. The second kappa shape index (κ2) is 5.81. The highest BCUT2D eigenvalue weighted by Crippen LogP contribution is 2.31. The molecule has 0 amide bonds. The molecule has 1 aromatic rings. The van der Waals surface area contributed by atoms with Gasteiger partial charge in [-0.1, -0.05) is 0 Å². The number of hydrogen-bond acceptors (Lipinski definition) is 3. The number of nitrogens with zero attached hydrogens (tertiary/aromatic N) is 1. The lowest BCUT2D eigenvalue weighted by molar-refractivity contribution is -0.130. The summed E-state index contributed by atoms with van der Waals surface area (Å²) in [4.78, 5) is 14.7. The lowest BCUT2D eigenvalue weighted by atomic mass is 9.81. The lowest BCUT2D eigenvalue weighted by Gasteiger charge is -2.46. The van der Waals surface area contributed by atoms with Crippen LogP contribution < -0.4 is 0 Å². The van der Waals surface area contributed by atoms with Crippen molar-refractivity contribution in [2.45, 2.75) is 31.3 Å². The molecule has 0 saturated carbocycles. The number of benzene rings is 1. The summed E-state index contributed by atoms with van der Waals surface area (Å²) in [6, 6.07) is 3.84. The molecular weight excluding hydrogens is 276 g/mol. The molecule has 2 unspecified atom stereocenters. The molecule has 2 fully saturated rings. The summed E-state index contributed by atoms with van der Waals surface area (Å²) in [6.45, 7) is 1.32. The van der Waals surface area contributed by atoms with Crippen LogP contribution in [0.2, 0.25) is 0 Å². The van der Waals surface area contributed by atoms with Gasteiger partial charge in [0.2, 0.25) is 0 Å². The fourth-order valence-electron chi connectivity index (χ4n) is 3.42. The second-order valence-electron chi connectivity index (χ2n) is 6.10. The fraction of sp³-hybridized carbons (Fsp3) is 0.562. The van der Waals surface area contributed by atoms with E-state index in [1.165, 1.54) is 12.1 Å². The number of morpholine rings is 1. The maximum absolute atomic E-state index is 13.2. The van der Waals surface area contributed by atoms with Crippen molar-refractivity contribution in [3.63, 3.8) is 0 Å². The Morgan fingerprint density at radius 1 is 1.19 bits per heavy atom. The number of piperidine rings is 1. The van der Waals surface area contributed by atoms with Crippen LogP contribution in [-0.4, -0.2) is 43.0 Å². The van der Waals surface area contributed by atoms with Gasteiger partial charge in [0.1, 0.15) is 17.4 Å². The van der Waals surface area contributed by atoms with E-state index in [-0.39, 0.29) is 30.2 Å². The number of carbonyl (C=O) groups excluding carboxylic acids is 1. The molecule has 2 atom stereocenters. The quantitative estimate of drug-likeness (QED) is 0.856. The Kier molecular flexibility index (Phi) is 4.04. The van der Waals surface area contributed by atoms with E-state index in [4.69, 9.17) is 4.74 Å². The van der Waals surface area contributed by atoms with E-state index in [2.05, 4.69) is 11.9 Å². The summed E-state index contributed by atoms with van der Waals surface area (Å²) in [5.41, 5.74) is 0.415. The summed E-state index contributed by atoms with van der Waals surface area (Å²) < 4.78 is 31.9. The molecule has 3 rings (SSSR count). The Bertz CT molecular complexity index is 515. The molecule has 2 heterocycles. The van der Waals surface area contributed by atoms with Crippen LogP contribution in [0.1, 0.15) is 18.4 Å². The average molecular weight is 295 g/mol. The summed E-state index contributed by atoms with van der Waals surface area (Å²) in [6.07, 6.45) is 1.64. The van der Waals surface area contributed by atoms with Gasteiger partial charge in [-0.2, -0.15) is 0 Å². The van der Waals surface area contributed by atoms with Gasteiger partial charge in [-0.05, 0) is 37.6 Å². The zero-order valence-corrected chi connectivity index (χ0v) is 12.0. The number of ketones is 1. The van der Waals surface area contributed by atoms with Gasteiger partial charge < -0.3 is 4.74 Å². The topological polar surface area (TPSA) is 29.5 Å². The van der Waals surface area contributed by atoms with E-state index >= 15 is 0 Å². The Morgan fingerprint density at radius 3 is 2.33 bits per heavy atom. The molecule has 3 nitrogen and oxygen atoms in total. The van der Waals surface area contributed by atoms with Gasteiger partial charge in [-0.15, -0.1) is 0 Å². The molecule has 0 N–H and O–H groups in total. The van der Waals surface area contributed by atoms with Crippen molar-refractivity contribution in [1.29, 1.82) is 0 Å². The highest BCUT2D eigenvalue weighted by molar-refractivity contribution is 5.83. The van der Waals surface area contributed by atoms with E-state index in [0.29, 0.717) is 18.8 Å². The van der Waals surface area contributed by atoms with Crippen LogP contribution in [0, 0.1) is 17.6 Å². The van der Waals surface area contributed by atoms with Gasteiger partial charge in [0.15, 0.2) is 0 Å². The highest BCUT2D eigenvalue weighted by atomic mass is 19.1. The molecular formula is C16H19F2NO2. The first-order chi connectivity index (χ1) is 10.0. The van der Waals surface area contributed by atoms with Crippen molar-refractivity contribution < 1.29 is 18.3 Å². The molecule has 2 aliphatic heterocycles. The number of hydrogen-bond donors (Lipinski definition) is 0. The zero-order valence-electron chi connectivity index (χ0n) is 12.0. The largest absolute Gasteiger partial charge is 0.378 e. The van der Waals surface area contributed by atoms with Gasteiger partial charge in [0, 0.05) is 30.5 Å². The van der Waals surface area contributed by atoms with E-state index in [0.717, 1.165) is 18.9 Å². The van der Waals surface area contributed by atoms with Gasteiger partial charge >= 0.3 is 0 Å². The van der Waals surface area contributed by atoms with Crippen molar-refractivity contribution in [2.24, 2.45) is 5.92 Å². The van der Waals surface area contributed by atoms with Crippen molar-refractivity contribution in [3.05, 3.63) is 35.4 Å². The minimum absolute atomic E-state index is 0.0357. The first-order valence-electron chi connectivity index (χ1n) is 7.30. The molecule has 1 aromatic carbocycles. The Labute approximate surface area is 122 Å². The Balaban J connectivity index is 1.68. The Morgan fingerprint density at radius 2 is 1.76 bits per heavy atom. The van der Waals surface area contributed by atoms with Gasteiger partial charge in [0.25, 0.3) is 0 Å². The maximum Gasteiger partial charge on any atom is 0.140 e. The van der Waals surface area contributed by atoms with E-state index in [1.54, 1.807) is 0 Å². The minimum Gasteiger partial charge on any atom is -0.378 e. The normalized spacial score (nSPS) is 29.4. The average Bonchev–Trinajstić information content (AvgIpc) is 2.36. The van der Waals surface area contributed by atoms with E-state index < -0.39 is 11.6 Å². The van der Waals surface area contributed by atoms with Crippen LogP contribution in [0.15, 0.2) is 18.2 Å². The fourth-order valence-corrected chi connectivity index (χ4v) is 3.42. The maximum atomic E-state index is 13.2. The van der Waals surface area contributed by atoms with Crippen LogP contribution in [0.5, 0.6) is 0 Å². The van der Waals surface area contributed by atoms with Gasteiger partial charge in [0.05, 0.1) is 13.2 Å². The molecule has 0 aliphatic carbocycles. The summed E-state index contributed by atoms with van der Waals surface area (Å²) >= 11 is 0. The predicted octanol–water partition coefficient (Wildman–Crippen LogP) is 2.19. The predicted molar refractivity (Wildman–Crippen MR) is 74.0 cm³/mol. The minimum atomic E-state index is -0.633. The van der Waals surface area contributed by atoms with Gasteiger partial charge in [-0.3, -0.25) is 9.69 Å². The van der Waals surface area contributed by atoms with Crippen LogP contribution in [-0.2, 0) is 16.0 Å². The number of rotatable bonds is 3. The molecule has 21 heavy (non-hydrogen) atoms. The standard InChI is InChI=1S/C16H19F2NO2/c1-19-14-5-11(6-15(19)9-21-8-14)16(20)4-10-2-12(17)7-13(18)3-10/h2-3,7,11,14-15H,4-6,8-9H2,1H3. The van der Waals surface area contributed by atoms with Crippen LogP contribution >= 0.6 is 0 Å². The molecule has 2 bridgehead atoms. The molecule has 2 saturated heterocycles. The highest BCUT2D eigenvalue weighted by Gasteiger charge is 2.39. The van der Waals surface area contributed by atoms with Crippen molar-refractivity contribution >= 4 is 5.78 Å².